The molecule has 0 unspecified atom stereocenters. The fourth-order valence-corrected chi connectivity index (χ4v) is 2.94. The molecule has 2 atom stereocenters. The zero-order valence-corrected chi connectivity index (χ0v) is 14.2. The lowest BCUT2D eigenvalue weighted by molar-refractivity contribution is 0.206. The summed E-state index contributed by atoms with van der Waals surface area (Å²) >= 11 is 6.02. The monoisotopic (exact) mass is 342 g/mol. The van der Waals surface area contributed by atoms with E-state index in [0.29, 0.717) is 19.0 Å². The van der Waals surface area contributed by atoms with Gasteiger partial charge in [0.05, 0.1) is 12.7 Å². The predicted octanol–water partition coefficient (Wildman–Crippen LogP) is 2.87. The van der Waals surface area contributed by atoms with E-state index < -0.39 is 0 Å². The molecule has 1 N–H and O–H groups in total. The first-order chi connectivity index (χ1) is 11.6. The fourth-order valence-electron chi connectivity index (χ4n) is 2.74. The SMILES string of the molecule is C#CCn1cc(CN(C)C(=O)N[C@H]2C[C@H]2c2cccc(Cl)c2)cn1. The van der Waals surface area contributed by atoms with Crippen molar-refractivity contribution in [1.82, 2.24) is 20.0 Å². The molecule has 3 rings (SSSR count). The maximum absolute atomic E-state index is 12.3. The largest absolute Gasteiger partial charge is 0.335 e. The average Bonchev–Trinajstić information content (AvgIpc) is 3.18. The highest BCUT2D eigenvalue weighted by atomic mass is 35.5. The fraction of sp³-hybridized carbons (Fsp3) is 0.333. The number of benzene rings is 1. The highest BCUT2D eigenvalue weighted by Gasteiger charge is 2.40. The maximum atomic E-state index is 12.3. The first-order valence-corrected chi connectivity index (χ1v) is 8.16. The number of urea groups is 1. The van der Waals surface area contributed by atoms with E-state index in [1.54, 1.807) is 22.8 Å². The summed E-state index contributed by atoms with van der Waals surface area (Å²) in [5, 5.41) is 7.94. The van der Waals surface area contributed by atoms with Gasteiger partial charge in [-0.1, -0.05) is 29.7 Å². The predicted molar refractivity (Wildman–Crippen MR) is 93.7 cm³/mol. The molecule has 1 heterocycles. The van der Waals surface area contributed by atoms with Crippen LogP contribution in [0.5, 0.6) is 0 Å². The molecule has 1 aliphatic rings. The Balaban J connectivity index is 1.51. The topological polar surface area (TPSA) is 50.2 Å². The zero-order valence-electron chi connectivity index (χ0n) is 13.4. The van der Waals surface area contributed by atoms with Crippen LogP contribution in [0.2, 0.25) is 5.02 Å². The molecule has 124 valence electrons. The van der Waals surface area contributed by atoms with Crippen LogP contribution in [0.15, 0.2) is 36.7 Å². The highest BCUT2D eigenvalue weighted by Crippen LogP contribution is 2.41. The van der Waals surface area contributed by atoms with Gasteiger partial charge in [-0.25, -0.2) is 4.79 Å². The normalized spacial score (nSPS) is 18.7. The van der Waals surface area contributed by atoms with E-state index >= 15 is 0 Å². The molecule has 2 amide bonds. The van der Waals surface area contributed by atoms with Gasteiger partial charge < -0.3 is 10.2 Å². The van der Waals surface area contributed by atoms with E-state index in [4.69, 9.17) is 18.0 Å². The lowest BCUT2D eigenvalue weighted by Crippen LogP contribution is -2.38. The van der Waals surface area contributed by atoms with E-state index in [9.17, 15) is 4.79 Å². The smallest absolute Gasteiger partial charge is 0.317 e. The number of nitrogens with zero attached hydrogens (tertiary/aromatic N) is 3. The zero-order chi connectivity index (χ0) is 17.1. The minimum Gasteiger partial charge on any atom is -0.335 e. The Kier molecular flexibility index (Phi) is 4.77. The number of amides is 2. The second-order valence-electron chi connectivity index (χ2n) is 6.06. The van der Waals surface area contributed by atoms with Crippen molar-refractivity contribution in [2.24, 2.45) is 0 Å². The number of rotatable bonds is 5. The second kappa shape index (κ2) is 6.98. The molecule has 0 spiro atoms. The molecule has 1 fully saturated rings. The molecule has 0 aliphatic heterocycles. The lowest BCUT2D eigenvalue weighted by Gasteiger charge is -2.17. The summed E-state index contributed by atoms with van der Waals surface area (Å²) in [5.74, 6) is 2.88. The van der Waals surface area contributed by atoms with E-state index in [0.717, 1.165) is 17.0 Å². The van der Waals surface area contributed by atoms with Gasteiger partial charge in [-0.2, -0.15) is 5.10 Å². The molecule has 0 radical (unpaired) electrons. The maximum Gasteiger partial charge on any atom is 0.317 e. The number of halogens is 1. The van der Waals surface area contributed by atoms with Crippen LogP contribution in [0.1, 0.15) is 23.5 Å². The number of carbonyl (C=O) groups is 1. The number of hydrogen-bond donors (Lipinski definition) is 1. The highest BCUT2D eigenvalue weighted by molar-refractivity contribution is 6.30. The minimum atomic E-state index is -0.0887. The number of aromatic nitrogens is 2. The Morgan fingerprint density at radius 2 is 2.42 bits per heavy atom. The number of carbonyl (C=O) groups excluding carboxylic acids is 1. The van der Waals surface area contributed by atoms with Crippen LogP contribution in [0.3, 0.4) is 0 Å². The summed E-state index contributed by atoms with van der Waals surface area (Å²) < 4.78 is 1.68. The van der Waals surface area contributed by atoms with Crippen molar-refractivity contribution in [2.75, 3.05) is 7.05 Å². The van der Waals surface area contributed by atoms with Gasteiger partial charge in [0.15, 0.2) is 0 Å². The second-order valence-corrected chi connectivity index (χ2v) is 6.50. The van der Waals surface area contributed by atoms with Crippen molar-refractivity contribution < 1.29 is 4.79 Å². The average molecular weight is 343 g/mol. The van der Waals surface area contributed by atoms with Gasteiger partial charge in [-0.15, -0.1) is 6.42 Å². The van der Waals surface area contributed by atoms with Gasteiger partial charge in [-0.3, -0.25) is 4.68 Å². The summed E-state index contributed by atoms with van der Waals surface area (Å²) in [6.45, 7) is 0.921. The summed E-state index contributed by atoms with van der Waals surface area (Å²) in [5.41, 5.74) is 2.12. The van der Waals surface area contributed by atoms with E-state index in [2.05, 4.69) is 16.3 Å². The Morgan fingerprint density at radius 1 is 1.58 bits per heavy atom. The van der Waals surface area contributed by atoms with Crippen molar-refractivity contribution in [3.63, 3.8) is 0 Å². The molecule has 0 bridgehead atoms. The van der Waals surface area contributed by atoms with Gasteiger partial charge in [0.25, 0.3) is 0 Å². The minimum absolute atomic E-state index is 0.0887. The molecule has 2 aromatic rings. The van der Waals surface area contributed by atoms with Crippen molar-refractivity contribution >= 4 is 17.6 Å². The molecule has 1 aromatic carbocycles. The van der Waals surface area contributed by atoms with Gasteiger partial charge in [0, 0.05) is 35.8 Å². The van der Waals surface area contributed by atoms with Crippen molar-refractivity contribution in [1.29, 1.82) is 0 Å². The Morgan fingerprint density at radius 3 is 3.17 bits per heavy atom. The van der Waals surface area contributed by atoms with Crippen molar-refractivity contribution in [3.8, 4) is 12.3 Å². The molecule has 6 heteroatoms. The van der Waals surface area contributed by atoms with E-state index in [1.165, 1.54) is 5.56 Å². The Labute approximate surface area is 146 Å². The summed E-state index contributed by atoms with van der Waals surface area (Å²) in [6.07, 6.45) is 9.79. The molecule has 5 nitrogen and oxygen atoms in total. The van der Waals surface area contributed by atoms with Gasteiger partial charge in [0.2, 0.25) is 0 Å². The molecule has 0 saturated heterocycles. The molecule has 1 aliphatic carbocycles. The van der Waals surface area contributed by atoms with Crippen LogP contribution in [0.25, 0.3) is 0 Å². The van der Waals surface area contributed by atoms with Gasteiger partial charge in [0.1, 0.15) is 6.54 Å². The molecule has 1 aromatic heterocycles. The van der Waals surface area contributed by atoms with Crippen molar-refractivity contribution in [3.05, 3.63) is 52.8 Å². The van der Waals surface area contributed by atoms with Gasteiger partial charge in [-0.05, 0) is 24.1 Å². The number of nitrogens with one attached hydrogen (secondary N) is 1. The van der Waals surface area contributed by atoms with Gasteiger partial charge >= 0.3 is 6.03 Å². The number of terminal acetylenes is 1. The Bertz CT molecular complexity index is 779. The number of hydrogen-bond acceptors (Lipinski definition) is 2. The van der Waals surface area contributed by atoms with Crippen LogP contribution in [0, 0.1) is 12.3 Å². The summed E-state index contributed by atoms with van der Waals surface area (Å²) in [4.78, 5) is 13.9. The molecule has 1 saturated carbocycles. The molecular weight excluding hydrogens is 324 g/mol. The Hall–Kier alpha value is -2.45. The van der Waals surface area contributed by atoms with Crippen LogP contribution >= 0.6 is 11.6 Å². The standard InChI is InChI=1S/C18H19ClN4O/c1-3-7-23-12-13(10-20-23)11-22(2)18(24)21-17-9-16(17)14-5-4-6-15(19)8-14/h1,4-6,8,10,12,16-17H,7,9,11H2,2H3,(H,21,24)/t16-,17-/m0/s1. The quantitative estimate of drug-likeness (QED) is 0.849. The first-order valence-electron chi connectivity index (χ1n) is 7.78. The molecular formula is C18H19ClN4O. The summed E-state index contributed by atoms with van der Waals surface area (Å²) in [6, 6.07) is 7.88. The van der Waals surface area contributed by atoms with Crippen LogP contribution in [-0.4, -0.2) is 33.8 Å². The molecule has 24 heavy (non-hydrogen) atoms. The third kappa shape index (κ3) is 3.90. The van der Waals surface area contributed by atoms with Crippen molar-refractivity contribution in [2.45, 2.75) is 31.5 Å². The third-order valence-corrected chi connectivity index (χ3v) is 4.32. The lowest BCUT2D eigenvalue weighted by atomic mass is 10.1. The van der Waals surface area contributed by atoms with Crippen LogP contribution in [0.4, 0.5) is 4.79 Å². The third-order valence-electron chi connectivity index (χ3n) is 4.08. The van der Waals surface area contributed by atoms with Crippen LogP contribution < -0.4 is 5.32 Å². The van der Waals surface area contributed by atoms with E-state index in [1.807, 2.05) is 30.5 Å². The van der Waals surface area contributed by atoms with E-state index in [-0.39, 0.29) is 12.1 Å². The summed E-state index contributed by atoms with van der Waals surface area (Å²) in [7, 11) is 1.77. The first kappa shape index (κ1) is 16.4. The van der Waals surface area contributed by atoms with Crippen LogP contribution in [-0.2, 0) is 13.1 Å².